The molecule has 3 N–H and O–H groups in total. The second-order valence-electron chi connectivity index (χ2n) is 5.27. The number of ether oxygens (including phenoxy) is 1. The van der Waals surface area contributed by atoms with Crippen molar-refractivity contribution in [2.45, 2.75) is 25.2 Å². The van der Waals surface area contributed by atoms with Gasteiger partial charge < -0.3 is 20.3 Å². The first-order valence-corrected chi connectivity index (χ1v) is 7.47. The summed E-state index contributed by atoms with van der Waals surface area (Å²) in [5.74, 6) is -1.35. The highest BCUT2D eigenvalue weighted by Gasteiger charge is 2.30. The molecule has 3 unspecified atom stereocenters. The Kier molecular flexibility index (Phi) is 5.92. The fourth-order valence-electron chi connectivity index (χ4n) is 2.23. The Labute approximate surface area is 139 Å². The van der Waals surface area contributed by atoms with Crippen LogP contribution in [0.4, 0.5) is 4.79 Å². The Bertz CT molecular complexity index is 674. The lowest BCUT2D eigenvalue weighted by Gasteiger charge is -2.22. The van der Waals surface area contributed by atoms with Gasteiger partial charge in [0.2, 0.25) is 0 Å². The summed E-state index contributed by atoms with van der Waals surface area (Å²) in [6.07, 6.45) is -2.84. The molecule has 2 aromatic rings. The molecule has 0 aromatic heterocycles. The molecule has 0 spiro atoms. The number of rotatable bonds is 6. The molecule has 24 heavy (non-hydrogen) atoms. The zero-order valence-electron chi connectivity index (χ0n) is 13.1. The first-order valence-electron chi connectivity index (χ1n) is 7.47. The second kappa shape index (κ2) is 8.12. The summed E-state index contributed by atoms with van der Waals surface area (Å²) < 4.78 is 5.18. The number of carbonyl (C=O) groups excluding carboxylic acids is 1. The molecule has 0 radical (unpaired) electrons. The molecule has 0 aliphatic rings. The number of nitrogens with one attached hydrogen (secondary N) is 1. The molecule has 0 aliphatic carbocycles. The molecule has 3 atom stereocenters. The highest BCUT2D eigenvalue weighted by Crippen LogP contribution is 2.19. The maximum atomic E-state index is 12.0. The normalized spacial score (nSPS) is 14.2. The first-order chi connectivity index (χ1) is 11.5. The molecule has 6 heteroatoms. The van der Waals surface area contributed by atoms with Crippen molar-refractivity contribution in [3.63, 3.8) is 0 Å². The number of hydrogen-bond acceptors (Lipinski definition) is 4. The van der Waals surface area contributed by atoms with E-state index in [2.05, 4.69) is 5.32 Å². The maximum Gasteiger partial charge on any atom is 0.408 e. The monoisotopic (exact) mass is 329 g/mol. The molecule has 0 saturated carbocycles. The summed E-state index contributed by atoms with van der Waals surface area (Å²) in [7, 11) is 0. The average molecular weight is 329 g/mol. The quantitative estimate of drug-likeness (QED) is 0.757. The van der Waals surface area contributed by atoms with Crippen molar-refractivity contribution in [3.8, 4) is 0 Å². The number of hydrogen-bond donors (Lipinski definition) is 3. The first kappa shape index (κ1) is 17.5. The summed E-state index contributed by atoms with van der Waals surface area (Å²) in [6, 6.07) is 15.8. The molecule has 2 aromatic carbocycles. The second-order valence-corrected chi connectivity index (χ2v) is 5.27. The van der Waals surface area contributed by atoms with Crippen molar-refractivity contribution in [3.05, 3.63) is 71.8 Å². The molecule has 0 aliphatic heterocycles. The lowest BCUT2D eigenvalue weighted by Crippen LogP contribution is -2.45. The molecular weight excluding hydrogens is 310 g/mol. The Balaban J connectivity index is 2.02. The number of amides is 1. The highest BCUT2D eigenvalue weighted by atomic mass is 16.6. The van der Waals surface area contributed by atoms with Crippen molar-refractivity contribution in [1.29, 1.82) is 0 Å². The van der Waals surface area contributed by atoms with Crippen molar-refractivity contribution in [2.75, 3.05) is 0 Å². The van der Waals surface area contributed by atoms with Gasteiger partial charge in [0.05, 0.1) is 0 Å². The Morgan fingerprint density at radius 3 is 1.96 bits per heavy atom. The van der Waals surface area contributed by atoms with Crippen LogP contribution < -0.4 is 5.32 Å². The third-order valence-corrected chi connectivity index (χ3v) is 3.55. The van der Waals surface area contributed by atoms with Crippen LogP contribution in [0.2, 0.25) is 0 Å². The minimum absolute atomic E-state index is 0.390. The van der Waals surface area contributed by atoms with Crippen molar-refractivity contribution >= 4 is 12.1 Å². The van der Waals surface area contributed by atoms with E-state index < -0.39 is 30.3 Å². The molecular formula is C18H19NO5. The van der Waals surface area contributed by atoms with Gasteiger partial charge in [-0.15, -0.1) is 0 Å². The largest absolute Gasteiger partial charge is 0.480 e. The fraction of sp³-hybridized carbons (Fsp3) is 0.222. The zero-order chi connectivity index (χ0) is 17.5. The summed E-state index contributed by atoms with van der Waals surface area (Å²) in [6.45, 7) is 1.68. The Morgan fingerprint density at radius 1 is 0.958 bits per heavy atom. The van der Waals surface area contributed by atoms with Gasteiger partial charge in [-0.3, -0.25) is 0 Å². The minimum atomic E-state index is -1.51. The van der Waals surface area contributed by atoms with Gasteiger partial charge in [-0.1, -0.05) is 60.7 Å². The number of alkyl carbamates (subject to hydrolysis) is 1. The van der Waals surface area contributed by atoms with E-state index in [1.807, 2.05) is 18.2 Å². The van der Waals surface area contributed by atoms with Crippen LogP contribution in [0.1, 0.15) is 30.3 Å². The van der Waals surface area contributed by atoms with E-state index in [-0.39, 0.29) is 0 Å². The van der Waals surface area contributed by atoms with Gasteiger partial charge in [0.15, 0.2) is 6.04 Å². The van der Waals surface area contributed by atoms with Crippen LogP contribution in [0.3, 0.4) is 0 Å². The average Bonchev–Trinajstić information content (AvgIpc) is 2.60. The van der Waals surface area contributed by atoms with Crippen LogP contribution in [-0.2, 0) is 9.53 Å². The van der Waals surface area contributed by atoms with Gasteiger partial charge in [-0.2, -0.15) is 0 Å². The number of carboxylic acids is 1. The van der Waals surface area contributed by atoms with Gasteiger partial charge >= 0.3 is 12.1 Å². The molecule has 0 bridgehead atoms. The van der Waals surface area contributed by atoms with Gasteiger partial charge in [0.1, 0.15) is 12.2 Å². The van der Waals surface area contributed by atoms with E-state index in [4.69, 9.17) is 4.74 Å². The predicted octanol–water partition coefficient (Wildman–Crippen LogP) is 2.66. The molecule has 6 nitrogen and oxygen atoms in total. The fourth-order valence-corrected chi connectivity index (χ4v) is 2.23. The molecule has 2 rings (SSSR count). The summed E-state index contributed by atoms with van der Waals surface area (Å²) in [4.78, 5) is 23.3. The van der Waals surface area contributed by atoms with E-state index in [9.17, 15) is 19.8 Å². The Hall–Kier alpha value is -2.86. The molecule has 0 saturated heterocycles. The Morgan fingerprint density at radius 2 is 1.46 bits per heavy atom. The summed E-state index contributed by atoms with van der Waals surface area (Å²) in [5.41, 5.74) is 1.17. The lowest BCUT2D eigenvalue weighted by atomic mass is 10.0. The number of carbonyl (C=O) groups is 2. The summed E-state index contributed by atoms with van der Waals surface area (Å²) in [5, 5.41) is 21.7. The van der Waals surface area contributed by atoms with Crippen LogP contribution >= 0.6 is 0 Å². The van der Waals surface area contributed by atoms with Gasteiger partial charge in [0.25, 0.3) is 0 Å². The predicted molar refractivity (Wildman–Crippen MR) is 87.3 cm³/mol. The van der Waals surface area contributed by atoms with Crippen LogP contribution in [0.5, 0.6) is 0 Å². The molecule has 1 amide bonds. The van der Waals surface area contributed by atoms with E-state index in [1.165, 1.54) is 0 Å². The SMILES string of the molecule is CC(OC(=O)NC(C(=O)O)C(O)c1ccccc1)c1ccccc1. The molecule has 0 heterocycles. The number of aliphatic carboxylic acids is 1. The van der Waals surface area contributed by atoms with E-state index in [0.717, 1.165) is 5.56 Å². The van der Waals surface area contributed by atoms with E-state index in [1.54, 1.807) is 49.4 Å². The standard InChI is InChI=1S/C18H19NO5/c1-12(13-8-4-2-5-9-13)24-18(23)19-15(17(21)22)16(20)14-10-6-3-7-11-14/h2-12,15-16,20H,1H3,(H,19,23)(H,21,22). The smallest absolute Gasteiger partial charge is 0.408 e. The van der Waals surface area contributed by atoms with Crippen LogP contribution in [-0.4, -0.2) is 28.3 Å². The number of aliphatic hydroxyl groups is 1. The third-order valence-electron chi connectivity index (χ3n) is 3.55. The molecule has 126 valence electrons. The summed E-state index contributed by atoms with van der Waals surface area (Å²) >= 11 is 0. The van der Waals surface area contributed by atoms with Gasteiger partial charge in [0, 0.05) is 0 Å². The van der Waals surface area contributed by atoms with Crippen molar-refractivity contribution < 1.29 is 24.5 Å². The number of aliphatic hydroxyl groups excluding tert-OH is 1. The number of carboxylic acid groups (broad SMARTS) is 1. The highest BCUT2D eigenvalue weighted by molar-refractivity contribution is 5.80. The topological polar surface area (TPSA) is 95.9 Å². The van der Waals surface area contributed by atoms with E-state index in [0.29, 0.717) is 5.56 Å². The lowest BCUT2D eigenvalue weighted by molar-refractivity contribution is -0.142. The van der Waals surface area contributed by atoms with Crippen molar-refractivity contribution in [1.82, 2.24) is 5.32 Å². The van der Waals surface area contributed by atoms with Gasteiger partial charge in [-0.05, 0) is 18.1 Å². The third kappa shape index (κ3) is 4.57. The van der Waals surface area contributed by atoms with Crippen LogP contribution in [0.15, 0.2) is 60.7 Å². The van der Waals surface area contributed by atoms with Crippen LogP contribution in [0.25, 0.3) is 0 Å². The maximum absolute atomic E-state index is 12.0. The number of benzene rings is 2. The van der Waals surface area contributed by atoms with E-state index >= 15 is 0 Å². The molecule has 0 fully saturated rings. The van der Waals surface area contributed by atoms with Gasteiger partial charge in [-0.25, -0.2) is 9.59 Å². The zero-order valence-corrected chi connectivity index (χ0v) is 13.1. The van der Waals surface area contributed by atoms with Crippen LogP contribution in [0, 0.1) is 0 Å². The van der Waals surface area contributed by atoms with Crippen molar-refractivity contribution in [2.24, 2.45) is 0 Å². The minimum Gasteiger partial charge on any atom is -0.480 e.